The second kappa shape index (κ2) is 17.7. The van der Waals surface area contributed by atoms with E-state index in [1.807, 2.05) is 0 Å². The van der Waals surface area contributed by atoms with Gasteiger partial charge in [-0.05, 0) is 32.1 Å². The lowest BCUT2D eigenvalue weighted by molar-refractivity contribution is -0.141. The first kappa shape index (κ1) is 25.9. The van der Waals surface area contributed by atoms with Crippen molar-refractivity contribution in [3.63, 3.8) is 0 Å². The average molecular weight is 420 g/mol. The number of imidazole rings is 1. The maximum atomic E-state index is 12.0. The minimum atomic E-state index is -1.03. The van der Waals surface area contributed by atoms with Crippen LogP contribution in [0.3, 0.4) is 0 Å². The standard InChI is InChI=1S/C24H41N3O3/c1-2-3-4-5-6-7-8-9-10-11-12-13-14-15-16-17-23(28)27-22(24(29)30)18-21-19-25-20-26-21/h9-10,19-20,22H,2-8,11-18H2,1H3,(H,25,26)(H,27,28)(H,29,30)/b10-9+. The van der Waals surface area contributed by atoms with Crippen molar-refractivity contribution < 1.29 is 14.7 Å². The van der Waals surface area contributed by atoms with Crippen LogP contribution in [0.4, 0.5) is 0 Å². The molecule has 0 aliphatic carbocycles. The number of H-pyrrole nitrogens is 1. The monoisotopic (exact) mass is 419 g/mol. The predicted octanol–water partition coefficient (Wildman–Crippen LogP) is 5.56. The lowest BCUT2D eigenvalue weighted by Gasteiger charge is -2.13. The molecule has 0 saturated heterocycles. The SMILES string of the molecule is CCCCCCCC/C=C/CCCCCCCC(=O)NC(Cc1cnc[nH]1)C(=O)O. The van der Waals surface area contributed by atoms with Gasteiger partial charge in [0.2, 0.25) is 5.91 Å². The summed E-state index contributed by atoms with van der Waals surface area (Å²) in [4.78, 5) is 30.1. The Morgan fingerprint density at radius 1 is 1.00 bits per heavy atom. The maximum Gasteiger partial charge on any atom is 0.326 e. The van der Waals surface area contributed by atoms with E-state index in [1.165, 1.54) is 64.1 Å². The van der Waals surface area contributed by atoms with Crippen molar-refractivity contribution in [2.24, 2.45) is 0 Å². The molecule has 0 fully saturated rings. The van der Waals surface area contributed by atoms with Gasteiger partial charge in [0.1, 0.15) is 6.04 Å². The number of aliphatic carboxylic acids is 1. The van der Waals surface area contributed by atoms with Gasteiger partial charge in [-0.15, -0.1) is 0 Å². The second-order valence-corrected chi connectivity index (χ2v) is 8.07. The number of unbranched alkanes of at least 4 members (excludes halogenated alkanes) is 11. The predicted molar refractivity (Wildman–Crippen MR) is 121 cm³/mol. The fourth-order valence-electron chi connectivity index (χ4n) is 3.44. The van der Waals surface area contributed by atoms with Crippen molar-refractivity contribution in [2.75, 3.05) is 0 Å². The molecule has 0 bridgehead atoms. The average Bonchev–Trinajstić information content (AvgIpc) is 3.23. The molecule has 6 heteroatoms. The van der Waals surface area contributed by atoms with Gasteiger partial charge in [0.25, 0.3) is 0 Å². The number of aromatic amines is 1. The lowest BCUT2D eigenvalue weighted by atomic mass is 10.1. The number of hydrogen-bond donors (Lipinski definition) is 3. The minimum Gasteiger partial charge on any atom is -0.480 e. The van der Waals surface area contributed by atoms with Crippen LogP contribution in [0, 0.1) is 0 Å². The highest BCUT2D eigenvalue weighted by Crippen LogP contribution is 2.10. The van der Waals surface area contributed by atoms with Gasteiger partial charge in [0, 0.05) is 24.7 Å². The van der Waals surface area contributed by atoms with Crippen molar-refractivity contribution in [1.82, 2.24) is 15.3 Å². The zero-order valence-electron chi connectivity index (χ0n) is 18.7. The number of carboxylic acids is 1. The number of hydrogen-bond acceptors (Lipinski definition) is 3. The number of carbonyl (C=O) groups excluding carboxylic acids is 1. The highest BCUT2D eigenvalue weighted by molar-refractivity contribution is 5.83. The van der Waals surface area contributed by atoms with E-state index in [1.54, 1.807) is 6.20 Å². The summed E-state index contributed by atoms with van der Waals surface area (Å²) in [7, 11) is 0. The van der Waals surface area contributed by atoms with Gasteiger partial charge in [0.05, 0.1) is 6.33 Å². The van der Waals surface area contributed by atoms with Gasteiger partial charge in [-0.1, -0.05) is 70.4 Å². The highest BCUT2D eigenvalue weighted by Gasteiger charge is 2.20. The summed E-state index contributed by atoms with van der Waals surface area (Å²) in [5, 5.41) is 11.9. The summed E-state index contributed by atoms with van der Waals surface area (Å²) in [5.74, 6) is -1.22. The van der Waals surface area contributed by atoms with Gasteiger partial charge in [-0.3, -0.25) is 4.79 Å². The largest absolute Gasteiger partial charge is 0.480 e. The van der Waals surface area contributed by atoms with Crippen LogP contribution >= 0.6 is 0 Å². The number of rotatable bonds is 19. The van der Waals surface area contributed by atoms with Crippen molar-refractivity contribution in [3.8, 4) is 0 Å². The summed E-state index contributed by atoms with van der Waals surface area (Å²) < 4.78 is 0. The fourth-order valence-corrected chi connectivity index (χ4v) is 3.44. The first-order chi connectivity index (χ1) is 14.6. The number of carbonyl (C=O) groups is 2. The van der Waals surface area contributed by atoms with Gasteiger partial charge in [-0.25, -0.2) is 9.78 Å². The summed E-state index contributed by atoms with van der Waals surface area (Å²) in [6.07, 6.45) is 24.1. The van der Waals surface area contributed by atoms with Crippen LogP contribution in [0.2, 0.25) is 0 Å². The molecule has 0 aliphatic heterocycles. The molecule has 0 aliphatic rings. The molecule has 1 atom stereocenters. The normalized spacial score (nSPS) is 12.3. The number of nitrogens with zero attached hydrogens (tertiary/aromatic N) is 1. The van der Waals surface area contributed by atoms with E-state index in [0.717, 1.165) is 25.7 Å². The van der Waals surface area contributed by atoms with Crippen LogP contribution < -0.4 is 5.32 Å². The Hall–Kier alpha value is -2.11. The second-order valence-electron chi connectivity index (χ2n) is 8.07. The zero-order chi connectivity index (χ0) is 21.9. The Morgan fingerprint density at radius 2 is 1.60 bits per heavy atom. The fraction of sp³-hybridized carbons (Fsp3) is 0.708. The van der Waals surface area contributed by atoms with E-state index in [2.05, 4.69) is 34.4 Å². The summed E-state index contributed by atoms with van der Waals surface area (Å²) >= 11 is 0. The molecule has 170 valence electrons. The Kier molecular flexibility index (Phi) is 15.3. The third kappa shape index (κ3) is 14.0. The van der Waals surface area contributed by atoms with E-state index in [0.29, 0.717) is 12.1 Å². The smallest absolute Gasteiger partial charge is 0.326 e. The van der Waals surface area contributed by atoms with Crippen LogP contribution in [-0.4, -0.2) is 33.0 Å². The van der Waals surface area contributed by atoms with E-state index >= 15 is 0 Å². The van der Waals surface area contributed by atoms with E-state index in [9.17, 15) is 14.7 Å². The van der Waals surface area contributed by atoms with E-state index in [4.69, 9.17) is 0 Å². The van der Waals surface area contributed by atoms with Gasteiger partial charge in [0.15, 0.2) is 0 Å². The minimum absolute atomic E-state index is 0.195. The molecule has 1 aromatic heterocycles. The number of nitrogens with one attached hydrogen (secondary N) is 2. The first-order valence-electron chi connectivity index (χ1n) is 11.8. The van der Waals surface area contributed by atoms with Crippen LogP contribution in [0.1, 0.15) is 103 Å². The van der Waals surface area contributed by atoms with Crippen molar-refractivity contribution >= 4 is 11.9 Å². The maximum absolute atomic E-state index is 12.0. The molecular formula is C24H41N3O3. The number of amides is 1. The van der Waals surface area contributed by atoms with Crippen LogP contribution in [0.5, 0.6) is 0 Å². The molecule has 3 N–H and O–H groups in total. The van der Waals surface area contributed by atoms with Crippen molar-refractivity contribution in [1.29, 1.82) is 0 Å². The van der Waals surface area contributed by atoms with E-state index < -0.39 is 12.0 Å². The zero-order valence-corrected chi connectivity index (χ0v) is 18.7. The summed E-state index contributed by atoms with van der Waals surface area (Å²) in [6.45, 7) is 2.25. The molecule has 6 nitrogen and oxygen atoms in total. The van der Waals surface area contributed by atoms with Gasteiger partial charge in [-0.2, -0.15) is 0 Å². The van der Waals surface area contributed by atoms with Crippen LogP contribution in [0.25, 0.3) is 0 Å². The Morgan fingerprint density at radius 3 is 2.17 bits per heavy atom. The molecule has 1 amide bonds. The number of allylic oxidation sites excluding steroid dienone is 2. The molecule has 1 aromatic rings. The molecule has 0 saturated carbocycles. The highest BCUT2D eigenvalue weighted by atomic mass is 16.4. The van der Waals surface area contributed by atoms with E-state index in [-0.39, 0.29) is 12.3 Å². The first-order valence-corrected chi connectivity index (χ1v) is 11.8. The molecule has 1 unspecified atom stereocenters. The number of aromatic nitrogens is 2. The molecule has 0 spiro atoms. The van der Waals surface area contributed by atoms with Crippen LogP contribution in [-0.2, 0) is 16.0 Å². The Bertz CT molecular complexity index is 585. The topological polar surface area (TPSA) is 95.1 Å². The van der Waals surface area contributed by atoms with Gasteiger partial charge < -0.3 is 15.4 Å². The molecular weight excluding hydrogens is 378 g/mol. The quantitative estimate of drug-likeness (QED) is 0.202. The summed E-state index contributed by atoms with van der Waals surface area (Å²) in [6, 6.07) is -0.916. The van der Waals surface area contributed by atoms with Crippen LogP contribution in [0.15, 0.2) is 24.7 Å². The Labute approximate surface area is 182 Å². The lowest BCUT2D eigenvalue weighted by Crippen LogP contribution is -2.42. The third-order valence-electron chi connectivity index (χ3n) is 5.28. The molecule has 0 aromatic carbocycles. The molecule has 0 radical (unpaired) electrons. The third-order valence-corrected chi connectivity index (χ3v) is 5.28. The van der Waals surface area contributed by atoms with Crippen molar-refractivity contribution in [3.05, 3.63) is 30.4 Å². The number of carboxylic acid groups (broad SMARTS) is 1. The molecule has 1 rings (SSSR count). The van der Waals surface area contributed by atoms with Gasteiger partial charge >= 0.3 is 5.97 Å². The van der Waals surface area contributed by atoms with Crippen molar-refractivity contribution in [2.45, 2.75) is 109 Å². The summed E-state index contributed by atoms with van der Waals surface area (Å²) in [5.41, 5.74) is 0.698. The Balaban J connectivity index is 1.96. The molecule has 1 heterocycles. The molecule has 30 heavy (non-hydrogen) atoms.